The van der Waals surface area contributed by atoms with Crippen LogP contribution in [0.1, 0.15) is 33.1 Å². The molecule has 0 aromatic heterocycles. The quantitative estimate of drug-likeness (QED) is 0.479. The van der Waals surface area contributed by atoms with Gasteiger partial charge in [-0.25, -0.2) is 0 Å². The third kappa shape index (κ3) is 2.21. The van der Waals surface area contributed by atoms with E-state index in [0.29, 0.717) is 11.9 Å². The van der Waals surface area contributed by atoms with E-state index >= 15 is 0 Å². The van der Waals surface area contributed by atoms with Crippen LogP contribution in [0.4, 0.5) is 0 Å². The largest absolute Gasteiger partial charge is 0.386 e. The minimum atomic E-state index is 0.137. The third-order valence-corrected chi connectivity index (χ3v) is 2.45. The molecule has 0 radical (unpaired) electrons. The number of rotatable bonds is 5. The van der Waals surface area contributed by atoms with Gasteiger partial charge in [-0.05, 0) is 32.7 Å². The monoisotopic (exact) mass is 169 g/mol. The van der Waals surface area contributed by atoms with Gasteiger partial charge >= 0.3 is 0 Å². The van der Waals surface area contributed by atoms with Gasteiger partial charge in [0.1, 0.15) is 5.84 Å². The summed E-state index contributed by atoms with van der Waals surface area (Å²) in [5.74, 6) is 0.301. The van der Waals surface area contributed by atoms with Crippen LogP contribution < -0.4 is 5.73 Å². The topological polar surface area (TPSA) is 53.1 Å². The van der Waals surface area contributed by atoms with E-state index in [1.54, 1.807) is 0 Å². The van der Waals surface area contributed by atoms with Crippen molar-refractivity contribution in [2.45, 2.75) is 45.2 Å². The van der Waals surface area contributed by atoms with Crippen LogP contribution >= 0.6 is 0 Å². The maximum atomic E-state index is 7.37. The second-order valence-electron chi connectivity index (χ2n) is 3.60. The van der Waals surface area contributed by atoms with Gasteiger partial charge in [0.05, 0.1) is 6.04 Å². The Balaban J connectivity index is 2.45. The standard InChI is InChI=1S/C9H19N3/c1-3-6-12(8-4-5-8)7(2)9(10)11/h7-8H,3-6H2,1-2H3,(H3,10,11). The molecule has 70 valence electrons. The van der Waals surface area contributed by atoms with E-state index in [1.807, 2.05) is 6.92 Å². The summed E-state index contributed by atoms with van der Waals surface area (Å²) < 4.78 is 0. The molecule has 1 saturated carbocycles. The summed E-state index contributed by atoms with van der Waals surface area (Å²) in [5.41, 5.74) is 5.47. The number of hydrogen-bond donors (Lipinski definition) is 2. The Morgan fingerprint density at radius 2 is 2.25 bits per heavy atom. The van der Waals surface area contributed by atoms with Crippen molar-refractivity contribution < 1.29 is 0 Å². The Bertz CT molecular complexity index is 163. The minimum Gasteiger partial charge on any atom is -0.386 e. The van der Waals surface area contributed by atoms with Gasteiger partial charge in [-0.15, -0.1) is 0 Å². The van der Waals surface area contributed by atoms with Crippen LogP contribution in [-0.4, -0.2) is 29.4 Å². The van der Waals surface area contributed by atoms with Gasteiger partial charge in [0.25, 0.3) is 0 Å². The first-order valence-corrected chi connectivity index (χ1v) is 4.76. The summed E-state index contributed by atoms with van der Waals surface area (Å²) in [6.45, 7) is 5.27. The van der Waals surface area contributed by atoms with Crippen LogP contribution in [0.5, 0.6) is 0 Å². The molecule has 1 aliphatic rings. The molecular weight excluding hydrogens is 150 g/mol. The molecule has 3 nitrogen and oxygen atoms in total. The summed E-state index contributed by atoms with van der Waals surface area (Å²) in [6, 6.07) is 0.848. The summed E-state index contributed by atoms with van der Waals surface area (Å²) in [4.78, 5) is 2.35. The molecule has 0 spiro atoms. The predicted octanol–water partition coefficient (Wildman–Crippen LogP) is 1.19. The number of hydrogen-bond acceptors (Lipinski definition) is 2. The van der Waals surface area contributed by atoms with E-state index in [-0.39, 0.29) is 6.04 Å². The zero-order valence-corrected chi connectivity index (χ0v) is 8.01. The molecule has 0 bridgehead atoms. The zero-order valence-electron chi connectivity index (χ0n) is 8.01. The molecule has 0 heterocycles. The Kier molecular flexibility index (Phi) is 3.09. The fourth-order valence-corrected chi connectivity index (χ4v) is 1.54. The lowest BCUT2D eigenvalue weighted by Gasteiger charge is -2.27. The molecule has 0 amide bonds. The van der Waals surface area contributed by atoms with Crippen LogP contribution in [0.15, 0.2) is 0 Å². The number of nitrogens with zero attached hydrogens (tertiary/aromatic N) is 1. The van der Waals surface area contributed by atoms with Crippen LogP contribution in [-0.2, 0) is 0 Å². The van der Waals surface area contributed by atoms with Gasteiger partial charge in [0.15, 0.2) is 0 Å². The maximum Gasteiger partial charge on any atom is 0.108 e. The molecule has 0 aromatic carbocycles. The fraction of sp³-hybridized carbons (Fsp3) is 0.889. The molecule has 3 heteroatoms. The van der Waals surface area contributed by atoms with Crippen molar-refractivity contribution in [2.24, 2.45) is 5.73 Å². The van der Waals surface area contributed by atoms with E-state index in [0.717, 1.165) is 13.0 Å². The molecule has 1 fully saturated rings. The van der Waals surface area contributed by atoms with Crippen LogP contribution in [0, 0.1) is 5.41 Å². The second-order valence-corrected chi connectivity index (χ2v) is 3.60. The lowest BCUT2D eigenvalue weighted by atomic mass is 10.2. The molecule has 1 atom stereocenters. The highest BCUT2D eigenvalue weighted by atomic mass is 15.2. The highest BCUT2D eigenvalue weighted by Crippen LogP contribution is 2.28. The molecule has 1 rings (SSSR count). The Hall–Kier alpha value is -0.570. The van der Waals surface area contributed by atoms with Crippen LogP contribution in [0.2, 0.25) is 0 Å². The van der Waals surface area contributed by atoms with Crippen molar-refractivity contribution in [3.63, 3.8) is 0 Å². The first kappa shape index (κ1) is 9.52. The van der Waals surface area contributed by atoms with Crippen molar-refractivity contribution in [1.82, 2.24) is 4.90 Å². The minimum absolute atomic E-state index is 0.137. The summed E-state index contributed by atoms with van der Waals surface area (Å²) in [7, 11) is 0. The molecule has 1 aliphatic carbocycles. The summed E-state index contributed by atoms with van der Waals surface area (Å²) in [5, 5.41) is 7.37. The SMILES string of the molecule is CCCN(C1CC1)C(C)C(=N)N. The number of nitrogens with two attached hydrogens (primary N) is 1. The van der Waals surface area contributed by atoms with Crippen molar-refractivity contribution in [1.29, 1.82) is 5.41 Å². The van der Waals surface area contributed by atoms with E-state index in [9.17, 15) is 0 Å². The zero-order chi connectivity index (χ0) is 9.14. The fourth-order valence-electron chi connectivity index (χ4n) is 1.54. The van der Waals surface area contributed by atoms with E-state index in [2.05, 4.69) is 11.8 Å². The van der Waals surface area contributed by atoms with Crippen molar-refractivity contribution in [3.05, 3.63) is 0 Å². The smallest absolute Gasteiger partial charge is 0.108 e. The van der Waals surface area contributed by atoms with E-state index < -0.39 is 0 Å². The first-order chi connectivity index (χ1) is 5.66. The molecule has 1 unspecified atom stereocenters. The second kappa shape index (κ2) is 3.90. The summed E-state index contributed by atoms with van der Waals surface area (Å²) >= 11 is 0. The van der Waals surface area contributed by atoms with Gasteiger partial charge < -0.3 is 5.73 Å². The average Bonchev–Trinajstić information content (AvgIpc) is 2.81. The van der Waals surface area contributed by atoms with Crippen molar-refractivity contribution >= 4 is 5.84 Å². The maximum absolute atomic E-state index is 7.37. The first-order valence-electron chi connectivity index (χ1n) is 4.76. The lowest BCUT2D eigenvalue weighted by Crippen LogP contribution is -2.43. The Labute approximate surface area is 74.4 Å². The number of nitrogens with one attached hydrogen (secondary N) is 1. The molecule has 3 N–H and O–H groups in total. The molecular formula is C9H19N3. The van der Waals surface area contributed by atoms with Gasteiger partial charge in [-0.1, -0.05) is 6.92 Å². The van der Waals surface area contributed by atoms with Crippen LogP contribution in [0.3, 0.4) is 0 Å². The Morgan fingerprint density at radius 1 is 1.67 bits per heavy atom. The van der Waals surface area contributed by atoms with Crippen LogP contribution in [0.25, 0.3) is 0 Å². The summed E-state index contributed by atoms with van der Waals surface area (Å²) in [6.07, 6.45) is 3.73. The normalized spacial score (nSPS) is 19.6. The highest BCUT2D eigenvalue weighted by Gasteiger charge is 2.32. The molecule has 0 saturated heterocycles. The van der Waals surface area contributed by atoms with Gasteiger partial charge in [0.2, 0.25) is 0 Å². The Morgan fingerprint density at radius 3 is 2.58 bits per heavy atom. The van der Waals surface area contributed by atoms with E-state index in [4.69, 9.17) is 11.1 Å². The lowest BCUT2D eigenvalue weighted by molar-refractivity contribution is 0.241. The van der Waals surface area contributed by atoms with Crippen molar-refractivity contribution in [3.8, 4) is 0 Å². The predicted molar refractivity (Wildman–Crippen MR) is 51.4 cm³/mol. The molecule has 12 heavy (non-hydrogen) atoms. The molecule has 0 aliphatic heterocycles. The van der Waals surface area contributed by atoms with Gasteiger partial charge in [0, 0.05) is 6.04 Å². The molecule has 0 aromatic rings. The highest BCUT2D eigenvalue weighted by molar-refractivity contribution is 5.82. The van der Waals surface area contributed by atoms with Gasteiger partial charge in [-0.3, -0.25) is 10.3 Å². The third-order valence-electron chi connectivity index (χ3n) is 2.45. The van der Waals surface area contributed by atoms with E-state index in [1.165, 1.54) is 12.8 Å². The van der Waals surface area contributed by atoms with Gasteiger partial charge in [-0.2, -0.15) is 0 Å². The average molecular weight is 169 g/mol. The van der Waals surface area contributed by atoms with Crippen molar-refractivity contribution in [2.75, 3.05) is 6.54 Å². The number of amidine groups is 1.